The normalized spacial score (nSPS) is 10.5. The van der Waals surface area contributed by atoms with Gasteiger partial charge in [-0.1, -0.05) is 24.3 Å². The van der Waals surface area contributed by atoms with E-state index in [0.29, 0.717) is 11.1 Å². The second kappa shape index (κ2) is 7.82. The van der Waals surface area contributed by atoms with Crippen molar-refractivity contribution in [3.63, 3.8) is 0 Å². The molecule has 6 nitrogen and oxygen atoms in total. The maximum absolute atomic E-state index is 11.9. The van der Waals surface area contributed by atoms with E-state index in [1.54, 1.807) is 24.3 Å². The summed E-state index contributed by atoms with van der Waals surface area (Å²) in [5.74, 6) is -1.33. The van der Waals surface area contributed by atoms with E-state index in [0.717, 1.165) is 0 Å². The highest BCUT2D eigenvalue weighted by atomic mass is 16.5. The lowest BCUT2D eigenvalue weighted by molar-refractivity contribution is -0.140. The van der Waals surface area contributed by atoms with Gasteiger partial charge in [-0.25, -0.2) is 4.79 Å². The van der Waals surface area contributed by atoms with Crippen LogP contribution in [0.1, 0.15) is 11.1 Å². The Bertz CT molecular complexity index is 779. The van der Waals surface area contributed by atoms with Crippen LogP contribution in [-0.2, 0) is 20.7 Å². The van der Waals surface area contributed by atoms with Crippen LogP contribution >= 0.6 is 0 Å². The summed E-state index contributed by atoms with van der Waals surface area (Å²) >= 11 is 0. The molecule has 0 aliphatic heterocycles. The summed E-state index contributed by atoms with van der Waals surface area (Å²) in [7, 11) is 1.28. The molecular formula is C18H16O6. The highest BCUT2D eigenvalue weighted by Gasteiger charge is 2.11. The zero-order valence-electron chi connectivity index (χ0n) is 12.9. The molecule has 2 aromatic rings. The van der Waals surface area contributed by atoms with E-state index in [9.17, 15) is 19.8 Å². The van der Waals surface area contributed by atoms with Crippen molar-refractivity contribution in [1.29, 1.82) is 0 Å². The number of hydrogen-bond donors (Lipinski definition) is 2. The fraction of sp³-hybridized carbons (Fsp3) is 0.111. The van der Waals surface area contributed by atoms with Gasteiger partial charge in [0.1, 0.15) is 5.75 Å². The third kappa shape index (κ3) is 4.61. The minimum atomic E-state index is -0.639. The Morgan fingerprint density at radius 3 is 2.54 bits per heavy atom. The van der Waals surface area contributed by atoms with Gasteiger partial charge in [-0.15, -0.1) is 0 Å². The first-order valence-corrected chi connectivity index (χ1v) is 7.06. The molecule has 2 N–H and O–H groups in total. The lowest BCUT2D eigenvalue weighted by atomic mass is 10.1. The first kappa shape index (κ1) is 17.1. The first-order chi connectivity index (χ1) is 11.5. The van der Waals surface area contributed by atoms with Crippen molar-refractivity contribution in [3.05, 3.63) is 59.7 Å². The van der Waals surface area contributed by atoms with Crippen LogP contribution in [-0.4, -0.2) is 29.3 Å². The van der Waals surface area contributed by atoms with E-state index in [1.165, 1.54) is 37.5 Å². The molecule has 0 aliphatic carbocycles. The van der Waals surface area contributed by atoms with E-state index < -0.39 is 11.9 Å². The Hall–Kier alpha value is -3.28. The molecule has 0 amide bonds. The van der Waals surface area contributed by atoms with Crippen LogP contribution in [0.2, 0.25) is 0 Å². The topological polar surface area (TPSA) is 93.1 Å². The summed E-state index contributed by atoms with van der Waals surface area (Å²) in [6.07, 6.45) is 2.61. The summed E-state index contributed by atoms with van der Waals surface area (Å²) in [4.78, 5) is 23.3. The van der Waals surface area contributed by atoms with Crippen LogP contribution in [0.25, 0.3) is 6.08 Å². The molecule has 0 aliphatic rings. The average Bonchev–Trinajstić information content (AvgIpc) is 2.57. The molecule has 6 heteroatoms. The van der Waals surface area contributed by atoms with Crippen LogP contribution in [0.4, 0.5) is 0 Å². The molecule has 124 valence electrons. The Balaban J connectivity index is 2.08. The molecule has 0 saturated carbocycles. The summed E-state index contributed by atoms with van der Waals surface area (Å²) in [5, 5.41) is 18.6. The number of benzene rings is 2. The van der Waals surface area contributed by atoms with Gasteiger partial charge < -0.3 is 19.7 Å². The summed E-state index contributed by atoms with van der Waals surface area (Å²) in [6, 6.07) is 10.8. The monoisotopic (exact) mass is 328 g/mol. The molecule has 0 unspecified atom stereocenters. The number of hydrogen-bond acceptors (Lipinski definition) is 6. The molecular weight excluding hydrogens is 312 g/mol. The maximum atomic E-state index is 11.9. The lowest BCUT2D eigenvalue weighted by Gasteiger charge is -2.07. The molecule has 0 radical (unpaired) electrons. The highest BCUT2D eigenvalue weighted by Crippen LogP contribution is 2.25. The molecule has 0 heterocycles. The number of rotatable bonds is 5. The van der Waals surface area contributed by atoms with Crippen LogP contribution < -0.4 is 4.74 Å². The van der Waals surface area contributed by atoms with Gasteiger partial charge in [-0.05, 0) is 29.8 Å². The average molecular weight is 328 g/mol. The van der Waals surface area contributed by atoms with Crippen molar-refractivity contribution in [1.82, 2.24) is 0 Å². The van der Waals surface area contributed by atoms with Gasteiger partial charge in [0.25, 0.3) is 0 Å². The fourth-order valence-electron chi connectivity index (χ4n) is 1.93. The zero-order chi connectivity index (χ0) is 17.5. The largest absolute Gasteiger partial charge is 0.504 e. The minimum absolute atomic E-state index is 0.00446. The van der Waals surface area contributed by atoms with Gasteiger partial charge in [0, 0.05) is 11.6 Å². The summed E-state index contributed by atoms with van der Waals surface area (Å²) in [5.41, 5.74) is 1.05. The molecule has 0 aromatic heterocycles. The number of aromatic hydroxyl groups is 2. The van der Waals surface area contributed by atoms with Crippen molar-refractivity contribution in [3.8, 4) is 17.2 Å². The molecule has 0 fully saturated rings. The highest BCUT2D eigenvalue weighted by molar-refractivity contribution is 5.89. The van der Waals surface area contributed by atoms with Crippen LogP contribution in [0, 0.1) is 0 Å². The summed E-state index contributed by atoms with van der Waals surface area (Å²) < 4.78 is 9.82. The molecule has 2 rings (SSSR count). The van der Waals surface area contributed by atoms with Crippen molar-refractivity contribution >= 4 is 18.0 Å². The molecule has 0 bridgehead atoms. The third-order valence-electron chi connectivity index (χ3n) is 3.16. The fourth-order valence-corrected chi connectivity index (χ4v) is 1.93. The van der Waals surface area contributed by atoms with E-state index >= 15 is 0 Å². The van der Waals surface area contributed by atoms with Gasteiger partial charge in [0.15, 0.2) is 11.5 Å². The van der Waals surface area contributed by atoms with Gasteiger partial charge in [-0.3, -0.25) is 4.79 Å². The molecule has 24 heavy (non-hydrogen) atoms. The smallest absolute Gasteiger partial charge is 0.336 e. The van der Waals surface area contributed by atoms with Crippen molar-refractivity contribution in [2.45, 2.75) is 6.42 Å². The van der Waals surface area contributed by atoms with Gasteiger partial charge >= 0.3 is 11.9 Å². The van der Waals surface area contributed by atoms with E-state index in [2.05, 4.69) is 4.74 Å². The third-order valence-corrected chi connectivity index (χ3v) is 3.16. The van der Waals surface area contributed by atoms with Gasteiger partial charge in [0.2, 0.25) is 0 Å². The van der Waals surface area contributed by atoms with Crippen molar-refractivity contribution in [2.75, 3.05) is 7.11 Å². The Morgan fingerprint density at radius 2 is 1.83 bits per heavy atom. The number of phenols is 2. The molecule has 0 atom stereocenters. The Labute approximate surface area is 138 Å². The lowest BCUT2D eigenvalue weighted by Crippen LogP contribution is -2.09. The zero-order valence-corrected chi connectivity index (χ0v) is 12.9. The van der Waals surface area contributed by atoms with Crippen LogP contribution in [0.3, 0.4) is 0 Å². The number of methoxy groups -OCH3 is 1. The number of para-hydroxylation sites is 1. The second-order valence-corrected chi connectivity index (χ2v) is 4.86. The van der Waals surface area contributed by atoms with E-state index in [1.807, 2.05) is 0 Å². The van der Waals surface area contributed by atoms with Gasteiger partial charge in [-0.2, -0.15) is 0 Å². The number of ether oxygens (including phenoxy) is 2. The van der Waals surface area contributed by atoms with E-state index in [4.69, 9.17) is 4.74 Å². The maximum Gasteiger partial charge on any atom is 0.336 e. The number of carbonyl (C=O) groups is 2. The molecule has 0 saturated heterocycles. The standard InChI is InChI=1S/C18H16O6/c1-23-18(22)11-13-4-2-3-5-16(13)24-17(21)9-7-12-6-8-14(19)15(20)10-12/h2-10,19-20H,11H2,1H3/b9-7+. The minimum Gasteiger partial charge on any atom is -0.504 e. The van der Waals surface area contributed by atoms with E-state index in [-0.39, 0.29) is 23.7 Å². The van der Waals surface area contributed by atoms with Crippen molar-refractivity contribution < 1.29 is 29.3 Å². The van der Waals surface area contributed by atoms with Crippen molar-refractivity contribution in [2.24, 2.45) is 0 Å². The number of phenolic OH excluding ortho intramolecular Hbond substituents is 2. The van der Waals surface area contributed by atoms with Gasteiger partial charge in [0.05, 0.1) is 13.5 Å². The predicted molar refractivity (Wildman–Crippen MR) is 86.6 cm³/mol. The Kier molecular flexibility index (Phi) is 5.57. The number of esters is 2. The molecule has 0 spiro atoms. The predicted octanol–water partition coefficient (Wildman–Crippen LogP) is 2.43. The number of carbonyl (C=O) groups excluding carboxylic acids is 2. The SMILES string of the molecule is COC(=O)Cc1ccccc1OC(=O)/C=C/c1ccc(O)c(O)c1. The Morgan fingerprint density at radius 1 is 1.08 bits per heavy atom. The second-order valence-electron chi connectivity index (χ2n) is 4.86. The van der Waals surface area contributed by atoms with Crippen LogP contribution in [0.5, 0.6) is 17.2 Å². The molecule has 2 aromatic carbocycles. The first-order valence-electron chi connectivity index (χ1n) is 7.06. The summed E-state index contributed by atoms with van der Waals surface area (Å²) in [6.45, 7) is 0. The quantitative estimate of drug-likeness (QED) is 0.379. The van der Waals surface area contributed by atoms with Crippen LogP contribution in [0.15, 0.2) is 48.5 Å².